The molecule has 4 rings (SSSR count). The number of fused-ring (bicyclic) bond motifs is 5. The molecule has 3 N–H and O–H groups in total. The number of hydrogen-bond acceptors (Lipinski definition) is 4. The predicted octanol–water partition coefficient (Wildman–Crippen LogP) is 1.67. The molecule has 0 radical (unpaired) electrons. The second-order valence-corrected chi connectivity index (χ2v) is 8.53. The van der Waals surface area contributed by atoms with Crippen LogP contribution in [0.25, 0.3) is 0 Å². The number of nitrogens with one attached hydrogen (secondary N) is 3. The third kappa shape index (κ3) is 5.74. The van der Waals surface area contributed by atoms with Crippen LogP contribution in [0.2, 0.25) is 0 Å². The van der Waals surface area contributed by atoms with E-state index in [1.165, 1.54) is 4.90 Å². The van der Waals surface area contributed by atoms with Crippen LogP contribution >= 0.6 is 24.0 Å². The Kier molecular flexibility index (Phi) is 8.87. The van der Waals surface area contributed by atoms with Gasteiger partial charge in [-0.25, -0.2) is 0 Å². The second kappa shape index (κ2) is 11.6. The summed E-state index contributed by atoms with van der Waals surface area (Å²) < 4.78 is 0. The van der Waals surface area contributed by atoms with Gasteiger partial charge in [-0.2, -0.15) is 0 Å². The van der Waals surface area contributed by atoms with E-state index in [0.717, 1.165) is 12.0 Å². The molecule has 8 nitrogen and oxygen atoms in total. The SMILES string of the molecule is CCNC(=NCCC(=O)NCc1ccccc1)NCCN1C(=O)C2C3C=CC(C3)C2C1=O.I. The molecule has 3 amide bonds. The van der Waals surface area contributed by atoms with Gasteiger partial charge in [0.2, 0.25) is 17.7 Å². The first-order valence-corrected chi connectivity index (χ1v) is 11.4. The summed E-state index contributed by atoms with van der Waals surface area (Å²) >= 11 is 0. The number of guanidine groups is 1. The summed E-state index contributed by atoms with van der Waals surface area (Å²) in [6.45, 7) is 4.22. The maximum Gasteiger partial charge on any atom is 0.233 e. The summed E-state index contributed by atoms with van der Waals surface area (Å²) in [7, 11) is 0. The number of rotatable bonds is 9. The van der Waals surface area contributed by atoms with Crippen LogP contribution in [0, 0.1) is 23.7 Å². The number of carbonyl (C=O) groups is 3. The number of benzene rings is 1. The van der Waals surface area contributed by atoms with E-state index in [2.05, 4.69) is 33.1 Å². The van der Waals surface area contributed by atoms with Gasteiger partial charge in [-0.3, -0.25) is 24.3 Å². The Labute approximate surface area is 211 Å². The maximum atomic E-state index is 12.8. The van der Waals surface area contributed by atoms with Crippen molar-refractivity contribution in [3.8, 4) is 0 Å². The number of likely N-dealkylation sites (tertiary alicyclic amines) is 1. The highest BCUT2D eigenvalue weighted by molar-refractivity contribution is 14.0. The standard InChI is InChI=1S/C24H31N5O3.HI/c1-2-25-24(26-11-10-19(30)28-15-16-6-4-3-5-7-16)27-12-13-29-22(31)20-17-8-9-18(14-17)21(20)23(29)32;/h3-9,17-18,20-21H,2,10-15H2,1H3,(H,28,30)(H2,25,26,27);1H. The van der Waals surface area contributed by atoms with Crippen molar-refractivity contribution in [1.29, 1.82) is 0 Å². The molecule has 0 aromatic heterocycles. The Hall–Kier alpha value is -2.43. The van der Waals surface area contributed by atoms with Crippen LogP contribution in [0.5, 0.6) is 0 Å². The van der Waals surface area contributed by atoms with Crippen LogP contribution in [0.15, 0.2) is 47.5 Å². The van der Waals surface area contributed by atoms with Crippen molar-refractivity contribution in [1.82, 2.24) is 20.9 Å². The molecule has 1 aliphatic heterocycles. The summed E-state index contributed by atoms with van der Waals surface area (Å²) in [5.74, 6) is 0.590. The van der Waals surface area contributed by atoms with Crippen LogP contribution in [0.4, 0.5) is 0 Å². The quantitative estimate of drug-likeness (QED) is 0.139. The van der Waals surface area contributed by atoms with Gasteiger partial charge >= 0.3 is 0 Å². The molecular formula is C24H32IN5O3. The molecular weight excluding hydrogens is 533 g/mol. The first-order valence-electron chi connectivity index (χ1n) is 11.4. The van der Waals surface area contributed by atoms with Crippen molar-refractivity contribution in [2.75, 3.05) is 26.2 Å². The number of halogens is 1. The average molecular weight is 565 g/mol. The van der Waals surface area contributed by atoms with Crippen LogP contribution in [0.1, 0.15) is 25.3 Å². The monoisotopic (exact) mass is 565 g/mol. The average Bonchev–Trinajstić information content (AvgIpc) is 3.48. The zero-order valence-electron chi connectivity index (χ0n) is 18.8. The molecule has 1 saturated heterocycles. The van der Waals surface area contributed by atoms with Gasteiger partial charge in [0, 0.05) is 32.6 Å². The van der Waals surface area contributed by atoms with Crippen molar-refractivity contribution in [2.45, 2.75) is 26.3 Å². The fourth-order valence-electron chi connectivity index (χ4n) is 4.97. The van der Waals surface area contributed by atoms with E-state index in [9.17, 15) is 14.4 Å². The molecule has 9 heteroatoms. The molecule has 4 unspecified atom stereocenters. The van der Waals surface area contributed by atoms with Gasteiger partial charge in [-0.05, 0) is 30.7 Å². The van der Waals surface area contributed by atoms with E-state index in [1.807, 2.05) is 37.3 Å². The van der Waals surface area contributed by atoms with Crippen molar-refractivity contribution in [2.24, 2.45) is 28.7 Å². The minimum atomic E-state index is -0.159. The van der Waals surface area contributed by atoms with Gasteiger partial charge < -0.3 is 16.0 Å². The highest BCUT2D eigenvalue weighted by atomic mass is 127. The van der Waals surface area contributed by atoms with Gasteiger partial charge in [0.1, 0.15) is 0 Å². The number of carbonyl (C=O) groups excluding carboxylic acids is 3. The van der Waals surface area contributed by atoms with Gasteiger partial charge in [0.15, 0.2) is 5.96 Å². The number of aliphatic imine (C=N–C) groups is 1. The summed E-state index contributed by atoms with van der Waals surface area (Å²) in [6, 6.07) is 9.76. The highest BCUT2D eigenvalue weighted by Crippen LogP contribution is 2.52. The first kappa shape index (κ1) is 25.2. The van der Waals surface area contributed by atoms with Crippen molar-refractivity contribution >= 4 is 47.7 Å². The lowest BCUT2D eigenvalue weighted by molar-refractivity contribution is -0.140. The van der Waals surface area contributed by atoms with Crippen molar-refractivity contribution < 1.29 is 14.4 Å². The molecule has 0 spiro atoms. The summed E-state index contributed by atoms with van der Waals surface area (Å²) in [5.41, 5.74) is 1.05. The Balaban J connectivity index is 0.00000306. The number of hydrogen-bond donors (Lipinski definition) is 3. The number of amides is 3. The number of nitrogens with zero attached hydrogens (tertiary/aromatic N) is 2. The van der Waals surface area contributed by atoms with Crippen LogP contribution in [0.3, 0.4) is 0 Å². The minimum absolute atomic E-state index is 0. The Bertz CT molecular complexity index is 890. The van der Waals surface area contributed by atoms with E-state index in [-0.39, 0.29) is 71.8 Å². The lowest BCUT2D eigenvalue weighted by Gasteiger charge is -2.18. The van der Waals surface area contributed by atoms with Gasteiger partial charge in [0.25, 0.3) is 0 Å². The maximum absolute atomic E-state index is 12.8. The highest BCUT2D eigenvalue weighted by Gasteiger charge is 2.58. The molecule has 33 heavy (non-hydrogen) atoms. The number of allylic oxidation sites excluding steroid dienone is 2. The Morgan fingerprint density at radius 1 is 1.03 bits per heavy atom. The molecule has 178 valence electrons. The van der Waals surface area contributed by atoms with E-state index < -0.39 is 0 Å². The summed E-state index contributed by atoms with van der Waals surface area (Å²) in [4.78, 5) is 43.4. The van der Waals surface area contributed by atoms with Crippen molar-refractivity contribution in [3.05, 3.63) is 48.0 Å². The van der Waals surface area contributed by atoms with E-state index in [1.54, 1.807) is 0 Å². The molecule has 1 saturated carbocycles. The largest absolute Gasteiger partial charge is 0.357 e. The topological polar surface area (TPSA) is 103 Å². The van der Waals surface area contributed by atoms with E-state index >= 15 is 0 Å². The van der Waals surface area contributed by atoms with Gasteiger partial charge in [-0.1, -0.05) is 42.5 Å². The normalized spacial score (nSPS) is 25.1. The zero-order chi connectivity index (χ0) is 22.5. The molecule has 1 aromatic carbocycles. The second-order valence-electron chi connectivity index (χ2n) is 8.53. The predicted molar refractivity (Wildman–Crippen MR) is 137 cm³/mol. The smallest absolute Gasteiger partial charge is 0.233 e. The molecule has 2 aliphatic carbocycles. The van der Waals surface area contributed by atoms with E-state index in [0.29, 0.717) is 38.7 Å². The van der Waals surface area contributed by atoms with Gasteiger partial charge in [-0.15, -0.1) is 24.0 Å². The van der Waals surface area contributed by atoms with E-state index in [4.69, 9.17) is 0 Å². The molecule has 4 atom stereocenters. The zero-order valence-corrected chi connectivity index (χ0v) is 21.2. The van der Waals surface area contributed by atoms with Gasteiger partial charge in [0.05, 0.1) is 18.4 Å². The van der Waals surface area contributed by atoms with Crippen LogP contribution in [-0.4, -0.2) is 54.8 Å². The molecule has 1 aromatic rings. The third-order valence-corrected chi connectivity index (χ3v) is 6.47. The third-order valence-electron chi connectivity index (χ3n) is 6.47. The fourth-order valence-corrected chi connectivity index (χ4v) is 4.97. The Morgan fingerprint density at radius 2 is 1.70 bits per heavy atom. The van der Waals surface area contributed by atoms with Crippen molar-refractivity contribution in [3.63, 3.8) is 0 Å². The lowest BCUT2D eigenvalue weighted by Crippen LogP contribution is -2.43. The van der Waals surface area contributed by atoms with Crippen LogP contribution in [-0.2, 0) is 20.9 Å². The fraction of sp³-hybridized carbons (Fsp3) is 0.500. The summed E-state index contributed by atoms with van der Waals surface area (Å²) in [6.07, 6.45) is 5.43. The molecule has 1 heterocycles. The molecule has 3 aliphatic rings. The Morgan fingerprint density at radius 3 is 2.33 bits per heavy atom. The molecule has 2 bridgehead atoms. The first-order chi connectivity index (χ1) is 15.6. The minimum Gasteiger partial charge on any atom is -0.357 e. The lowest BCUT2D eigenvalue weighted by atomic mass is 9.85. The summed E-state index contributed by atoms with van der Waals surface area (Å²) in [5, 5.41) is 9.19. The van der Waals surface area contributed by atoms with Crippen LogP contribution < -0.4 is 16.0 Å². The molecule has 2 fully saturated rings. The number of imide groups is 1.